The molecule has 1 aromatic carbocycles. The predicted octanol–water partition coefficient (Wildman–Crippen LogP) is 4.33. The summed E-state index contributed by atoms with van der Waals surface area (Å²) in [5.74, 6) is 0.416. The Morgan fingerprint density at radius 2 is 2.00 bits per heavy atom. The fourth-order valence-electron chi connectivity index (χ4n) is 1.82. The third-order valence-corrected chi connectivity index (χ3v) is 3.42. The Morgan fingerprint density at radius 1 is 1.27 bits per heavy atom. The zero-order valence-electron chi connectivity index (χ0n) is 11.7. The first-order chi connectivity index (χ1) is 10.4. The molecule has 0 N–H and O–H groups in total. The van der Waals surface area contributed by atoms with Crippen molar-refractivity contribution >= 4 is 28.9 Å². The van der Waals surface area contributed by atoms with E-state index in [1.807, 2.05) is 0 Å². The van der Waals surface area contributed by atoms with Crippen LogP contribution in [-0.4, -0.2) is 23.3 Å². The van der Waals surface area contributed by atoms with Gasteiger partial charge in [0.05, 0.1) is 15.5 Å². The molecule has 0 bridgehead atoms. The number of ether oxygens (including phenoxy) is 2. The topological polar surface area (TPSA) is 74.5 Å². The Labute approximate surface area is 136 Å². The van der Waals surface area contributed by atoms with Crippen molar-refractivity contribution in [3.05, 3.63) is 50.8 Å². The first-order valence-electron chi connectivity index (χ1n) is 6.21. The summed E-state index contributed by atoms with van der Waals surface area (Å²) in [5.41, 5.74) is 0.588. The maximum Gasteiger partial charge on any atom is 0.277 e. The molecule has 1 atom stereocenters. The first kappa shape index (κ1) is 16.5. The number of hydrogen-bond donors (Lipinski definition) is 0. The number of hydrogen-bond acceptors (Lipinski definition) is 5. The number of nitro benzene ring substituents is 1. The molecule has 0 radical (unpaired) electrons. The first-order valence-corrected chi connectivity index (χ1v) is 6.97. The minimum absolute atomic E-state index is 0.110. The Bertz CT molecular complexity index is 709. The van der Waals surface area contributed by atoms with E-state index in [4.69, 9.17) is 32.7 Å². The minimum atomic E-state index is -0.497. The molecule has 6 nitrogen and oxygen atoms in total. The van der Waals surface area contributed by atoms with Gasteiger partial charge in [0.1, 0.15) is 10.9 Å². The lowest BCUT2D eigenvalue weighted by Crippen LogP contribution is -2.13. The van der Waals surface area contributed by atoms with Crippen LogP contribution >= 0.6 is 23.2 Å². The highest BCUT2D eigenvalue weighted by molar-refractivity contribution is 6.34. The minimum Gasteiger partial charge on any atom is -0.465 e. The normalized spacial score (nSPS) is 12.0. The van der Waals surface area contributed by atoms with E-state index in [-0.39, 0.29) is 15.9 Å². The van der Waals surface area contributed by atoms with Crippen LogP contribution in [0.3, 0.4) is 0 Å². The molecule has 1 aromatic heterocycles. The van der Waals surface area contributed by atoms with Crippen LogP contribution in [0.2, 0.25) is 10.2 Å². The van der Waals surface area contributed by atoms with Gasteiger partial charge in [0.2, 0.25) is 0 Å². The summed E-state index contributed by atoms with van der Waals surface area (Å²) in [6, 6.07) is 5.83. The molecule has 2 aromatic rings. The van der Waals surface area contributed by atoms with Crippen LogP contribution in [0, 0.1) is 10.1 Å². The van der Waals surface area contributed by atoms with Crippen molar-refractivity contribution in [1.82, 2.24) is 4.98 Å². The smallest absolute Gasteiger partial charge is 0.277 e. The Morgan fingerprint density at radius 3 is 2.64 bits per heavy atom. The molecule has 1 heterocycles. The molecule has 0 aliphatic carbocycles. The van der Waals surface area contributed by atoms with E-state index < -0.39 is 11.2 Å². The number of nitro groups is 1. The van der Waals surface area contributed by atoms with Gasteiger partial charge in [0.25, 0.3) is 5.69 Å². The van der Waals surface area contributed by atoms with E-state index in [2.05, 4.69) is 4.98 Å². The molecule has 0 saturated heterocycles. The quantitative estimate of drug-likeness (QED) is 0.349. The molecule has 0 amide bonds. The Balaban J connectivity index is 2.57. The second-order valence-electron chi connectivity index (χ2n) is 4.34. The molecule has 0 aliphatic rings. The van der Waals surface area contributed by atoms with Crippen molar-refractivity contribution in [1.29, 1.82) is 0 Å². The number of methoxy groups -OCH3 is 1. The third-order valence-electron chi connectivity index (χ3n) is 2.91. The summed E-state index contributed by atoms with van der Waals surface area (Å²) in [7, 11) is 1.50. The van der Waals surface area contributed by atoms with Crippen LogP contribution in [0.25, 0.3) is 11.1 Å². The molecular weight excluding hydrogens is 331 g/mol. The van der Waals surface area contributed by atoms with Crippen molar-refractivity contribution in [2.24, 2.45) is 0 Å². The van der Waals surface area contributed by atoms with Crippen molar-refractivity contribution in [3.8, 4) is 16.9 Å². The predicted molar refractivity (Wildman–Crippen MR) is 83.4 cm³/mol. The van der Waals surface area contributed by atoms with Gasteiger partial charge in [-0.25, -0.2) is 4.98 Å². The van der Waals surface area contributed by atoms with Crippen LogP contribution in [-0.2, 0) is 4.74 Å². The lowest BCUT2D eigenvalue weighted by Gasteiger charge is -2.14. The maximum atomic E-state index is 11.2. The number of benzene rings is 1. The van der Waals surface area contributed by atoms with E-state index in [1.54, 1.807) is 6.92 Å². The average molecular weight is 343 g/mol. The van der Waals surface area contributed by atoms with Gasteiger partial charge in [-0.1, -0.05) is 23.2 Å². The molecule has 0 aliphatic heterocycles. The molecule has 0 spiro atoms. The van der Waals surface area contributed by atoms with Crippen molar-refractivity contribution in [2.45, 2.75) is 13.2 Å². The highest BCUT2D eigenvalue weighted by Crippen LogP contribution is 2.38. The SMILES string of the molecule is COC(C)Oc1ccc([N+](=O)[O-])c(-c2cc(Cl)ncc2Cl)c1. The number of halogens is 2. The van der Waals surface area contributed by atoms with Gasteiger partial charge in [-0.15, -0.1) is 0 Å². The van der Waals surface area contributed by atoms with Gasteiger partial charge < -0.3 is 9.47 Å². The molecule has 8 heteroatoms. The lowest BCUT2D eigenvalue weighted by atomic mass is 10.0. The van der Waals surface area contributed by atoms with Crippen LogP contribution in [0.1, 0.15) is 6.92 Å². The van der Waals surface area contributed by atoms with E-state index in [0.29, 0.717) is 16.9 Å². The molecule has 0 saturated carbocycles. The molecule has 1 unspecified atom stereocenters. The van der Waals surface area contributed by atoms with Crippen LogP contribution < -0.4 is 4.74 Å². The van der Waals surface area contributed by atoms with E-state index in [9.17, 15) is 10.1 Å². The van der Waals surface area contributed by atoms with Gasteiger partial charge >= 0.3 is 0 Å². The van der Waals surface area contributed by atoms with E-state index in [0.717, 1.165) is 0 Å². The fraction of sp³-hybridized carbons (Fsp3) is 0.214. The molecule has 2 rings (SSSR count). The monoisotopic (exact) mass is 342 g/mol. The summed E-state index contributed by atoms with van der Waals surface area (Å²) >= 11 is 11.9. The molecule has 0 fully saturated rings. The van der Waals surface area contributed by atoms with Crippen molar-refractivity contribution < 1.29 is 14.4 Å². The number of rotatable bonds is 5. The third kappa shape index (κ3) is 3.65. The average Bonchev–Trinajstić information content (AvgIpc) is 2.49. The lowest BCUT2D eigenvalue weighted by molar-refractivity contribution is -0.384. The molecule has 116 valence electrons. The standard InChI is InChI=1S/C14H12Cl2N2O4/c1-8(21-2)22-9-3-4-13(18(19)20)11(5-9)10-6-14(16)17-7-12(10)15/h3-8H,1-2H3. The number of nitrogens with zero attached hydrogens (tertiary/aromatic N) is 2. The van der Waals surface area contributed by atoms with Gasteiger partial charge in [-0.2, -0.15) is 0 Å². The molecule has 22 heavy (non-hydrogen) atoms. The Hall–Kier alpha value is -1.89. The van der Waals surface area contributed by atoms with Gasteiger partial charge in [-0.05, 0) is 25.1 Å². The van der Waals surface area contributed by atoms with Crippen LogP contribution in [0.15, 0.2) is 30.5 Å². The number of aromatic nitrogens is 1. The highest BCUT2D eigenvalue weighted by atomic mass is 35.5. The Kier molecular flexibility index (Phi) is 5.18. The van der Waals surface area contributed by atoms with Crippen LogP contribution in [0.4, 0.5) is 5.69 Å². The number of pyridine rings is 1. The highest BCUT2D eigenvalue weighted by Gasteiger charge is 2.19. The summed E-state index contributed by atoms with van der Waals surface area (Å²) in [6.45, 7) is 1.71. The van der Waals surface area contributed by atoms with E-state index >= 15 is 0 Å². The zero-order chi connectivity index (χ0) is 16.3. The van der Waals surface area contributed by atoms with E-state index in [1.165, 1.54) is 37.6 Å². The fourth-order valence-corrected chi connectivity index (χ4v) is 2.19. The zero-order valence-corrected chi connectivity index (χ0v) is 13.3. The summed E-state index contributed by atoms with van der Waals surface area (Å²) in [5, 5.41) is 11.7. The van der Waals surface area contributed by atoms with Crippen molar-refractivity contribution in [2.75, 3.05) is 7.11 Å². The summed E-state index contributed by atoms with van der Waals surface area (Å²) in [4.78, 5) is 14.6. The second kappa shape index (κ2) is 6.91. The van der Waals surface area contributed by atoms with Crippen LogP contribution in [0.5, 0.6) is 5.75 Å². The summed E-state index contributed by atoms with van der Waals surface area (Å²) < 4.78 is 10.5. The second-order valence-corrected chi connectivity index (χ2v) is 5.14. The van der Waals surface area contributed by atoms with Crippen molar-refractivity contribution in [3.63, 3.8) is 0 Å². The molecular formula is C14H12Cl2N2O4. The van der Waals surface area contributed by atoms with Gasteiger partial charge in [0, 0.05) is 24.9 Å². The van der Waals surface area contributed by atoms with Gasteiger partial charge in [0.15, 0.2) is 6.29 Å². The maximum absolute atomic E-state index is 11.2. The van der Waals surface area contributed by atoms with Gasteiger partial charge in [-0.3, -0.25) is 10.1 Å². The summed E-state index contributed by atoms with van der Waals surface area (Å²) in [6.07, 6.45) is 0.847. The largest absolute Gasteiger partial charge is 0.465 e.